The van der Waals surface area contributed by atoms with Gasteiger partial charge in [-0.25, -0.2) is 0 Å². The van der Waals surface area contributed by atoms with Gasteiger partial charge in [-0.1, -0.05) is 67.6 Å². The summed E-state index contributed by atoms with van der Waals surface area (Å²) in [5.74, 6) is 1.30. The lowest BCUT2D eigenvalue weighted by molar-refractivity contribution is -0.118. The van der Waals surface area contributed by atoms with Crippen LogP contribution in [-0.4, -0.2) is 19.0 Å². The Morgan fingerprint density at radius 3 is 2.36 bits per heavy atom. The number of nitrogens with one attached hydrogen (secondary N) is 2. The molecule has 150 valence electrons. The largest absolute Gasteiger partial charge is 0.380 e. The Hall–Kier alpha value is -2.55. The quantitative estimate of drug-likeness (QED) is 0.767. The van der Waals surface area contributed by atoms with Crippen LogP contribution in [-0.2, 0) is 10.2 Å². The van der Waals surface area contributed by atoms with E-state index >= 15 is 0 Å². The van der Waals surface area contributed by atoms with Crippen molar-refractivity contribution >= 4 is 5.91 Å². The molecule has 1 unspecified atom stereocenters. The van der Waals surface area contributed by atoms with Gasteiger partial charge in [0.25, 0.3) is 5.91 Å². The van der Waals surface area contributed by atoms with E-state index in [1.54, 1.807) is 0 Å². The van der Waals surface area contributed by atoms with Crippen LogP contribution in [0.1, 0.15) is 52.5 Å². The number of carbonyl (C=O) groups is 1. The summed E-state index contributed by atoms with van der Waals surface area (Å²) in [6.07, 6.45) is 6.90. The molecule has 4 rings (SSSR count). The van der Waals surface area contributed by atoms with Crippen molar-refractivity contribution in [3.05, 3.63) is 83.6 Å². The molecule has 1 saturated carbocycles. The Morgan fingerprint density at radius 2 is 1.68 bits per heavy atom. The van der Waals surface area contributed by atoms with E-state index in [2.05, 4.69) is 78.2 Å². The van der Waals surface area contributed by atoms with Gasteiger partial charge in [-0.05, 0) is 54.7 Å². The van der Waals surface area contributed by atoms with Crippen molar-refractivity contribution in [2.75, 3.05) is 13.1 Å². The van der Waals surface area contributed by atoms with Gasteiger partial charge >= 0.3 is 0 Å². The number of hydrogen-bond acceptors (Lipinski definition) is 2. The topological polar surface area (TPSA) is 41.1 Å². The first-order valence-corrected chi connectivity index (χ1v) is 10.5. The second kappa shape index (κ2) is 8.22. The van der Waals surface area contributed by atoms with E-state index in [0.717, 1.165) is 13.1 Å². The zero-order chi connectivity index (χ0) is 19.4. The average molecular weight is 379 g/mol. The van der Waals surface area contributed by atoms with E-state index in [1.807, 2.05) is 6.07 Å². The van der Waals surface area contributed by atoms with E-state index in [1.165, 1.54) is 36.8 Å². The van der Waals surface area contributed by atoms with E-state index in [-0.39, 0.29) is 14.2 Å². The maximum Gasteiger partial charge on any atom is 0.267 e. The van der Waals surface area contributed by atoms with Crippen LogP contribution in [0.2, 0.25) is 0 Å². The summed E-state index contributed by atoms with van der Waals surface area (Å²) in [6, 6.07) is 21.2. The van der Waals surface area contributed by atoms with E-state index in [4.69, 9.17) is 0 Å². The Bertz CT molecular complexity index is 833. The van der Waals surface area contributed by atoms with Crippen LogP contribution < -0.4 is 10.6 Å². The second-order valence-corrected chi connectivity index (χ2v) is 8.53. The smallest absolute Gasteiger partial charge is 0.267 e. The van der Waals surface area contributed by atoms with Gasteiger partial charge in [-0.15, -0.1) is 0 Å². The molecule has 1 atom stereocenters. The Balaban J connectivity index is 0.00000160. The summed E-state index contributed by atoms with van der Waals surface area (Å²) in [4.78, 5) is 12.7. The summed E-state index contributed by atoms with van der Waals surface area (Å²) < 4.78 is 0. The second-order valence-electron chi connectivity index (χ2n) is 8.53. The third kappa shape index (κ3) is 4.14. The van der Waals surface area contributed by atoms with Gasteiger partial charge in [0.1, 0.15) is 0 Å². The van der Waals surface area contributed by atoms with Crippen LogP contribution >= 0.6 is 0 Å². The van der Waals surface area contributed by atoms with E-state index < -0.39 is 0 Å². The minimum Gasteiger partial charge on any atom is -0.380 e. The fourth-order valence-corrected chi connectivity index (χ4v) is 4.61. The molecule has 1 aliphatic heterocycles. The standard InChI is InChI=1S/C25H30N2O.2H2/c1-25(22-10-6-3-7-11-22)16-23(27-18-25)24(28)26-17-19-12-14-21(15-13-19)20-8-4-2-5-9-20;;/h2-11,16,19,21,27H,12-15,17-18H2,1H3,(H,26,28);2*1H. The number of rotatable bonds is 5. The third-order valence-corrected chi connectivity index (χ3v) is 6.46. The molecule has 28 heavy (non-hydrogen) atoms. The first-order chi connectivity index (χ1) is 13.6. The van der Waals surface area contributed by atoms with Crippen molar-refractivity contribution in [2.45, 2.75) is 43.9 Å². The average Bonchev–Trinajstić information content (AvgIpc) is 3.17. The highest BCUT2D eigenvalue weighted by Crippen LogP contribution is 2.35. The molecule has 3 heteroatoms. The van der Waals surface area contributed by atoms with Crippen molar-refractivity contribution < 1.29 is 7.65 Å². The first-order valence-electron chi connectivity index (χ1n) is 10.5. The maximum absolute atomic E-state index is 12.7. The molecular formula is C25H34N2O. The summed E-state index contributed by atoms with van der Waals surface area (Å²) in [6.45, 7) is 3.73. The van der Waals surface area contributed by atoms with Gasteiger partial charge in [0.2, 0.25) is 0 Å². The van der Waals surface area contributed by atoms with Gasteiger partial charge < -0.3 is 10.6 Å². The molecule has 1 fully saturated rings. The van der Waals surface area contributed by atoms with Crippen molar-refractivity contribution in [3.63, 3.8) is 0 Å². The van der Waals surface area contributed by atoms with Gasteiger partial charge in [0.05, 0.1) is 5.70 Å². The minimum atomic E-state index is -0.123. The van der Waals surface area contributed by atoms with Gasteiger partial charge in [0.15, 0.2) is 0 Å². The normalized spacial score (nSPS) is 27.0. The molecule has 0 radical (unpaired) electrons. The number of amides is 1. The molecule has 0 bridgehead atoms. The fourth-order valence-electron chi connectivity index (χ4n) is 4.61. The van der Waals surface area contributed by atoms with Crippen molar-refractivity contribution in [1.29, 1.82) is 0 Å². The lowest BCUT2D eigenvalue weighted by Gasteiger charge is -2.29. The predicted octanol–water partition coefficient (Wildman–Crippen LogP) is 5.01. The lowest BCUT2D eigenvalue weighted by atomic mass is 9.78. The van der Waals surface area contributed by atoms with Crippen LogP contribution in [0.25, 0.3) is 0 Å². The SMILES string of the molecule is CC1(c2ccccc2)C=C(C(=O)NCC2CCC(c3ccccc3)CC2)NC1.[HH].[HH]. The highest BCUT2D eigenvalue weighted by Gasteiger charge is 2.32. The van der Waals surface area contributed by atoms with E-state index in [9.17, 15) is 4.79 Å². The third-order valence-electron chi connectivity index (χ3n) is 6.46. The minimum absolute atomic E-state index is 0. The van der Waals surface area contributed by atoms with Crippen LogP contribution in [0.3, 0.4) is 0 Å². The molecule has 2 N–H and O–H groups in total. The Labute approximate surface area is 171 Å². The van der Waals surface area contributed by atoms with Crippen LogP contribution in [0.5, 0.6) is 0 Å². The first kappa shape index (κ1) is 18.8. The number of benzene rings is 2. The fraction of sp³-hybridized carbons (Fsp3) is 0.400. The van der Waals surface area contributed by atoms with Crippen molar-refractivity contribution in [3.8, 4) is 0 Å². The molecule has 3 nitrogen and oxygen atoms in total. The molecule has 2 aliphatic rings. The summed E-state index contributed by atoms with van der Waals surface area (Å²) in [5, 5.41) is 6.48. The molecule has 0 spiro atoms. The molecule has 1 aliphatic carbocycles. The summed E-state index contributed by atoms with van der Waals surface area (Å²) in [7, 11) is 0. The van der Waals surface area contributed by atoms with Gasteiger partial charge in [-0.2, -0.15) is 0 Å². The van der Waals surface area contributed by atoms with Crippen LogP contribution in [0.4, 0.5) is 0 Å². The Kier molecular flexibility index (Phi) is 5.52. The van der Waals surface area contributed by atoms with Gasteiger partial charge in [-0.3, -0.25) is 4.79 Å². The monoisotopic (exact) mass is 378 g/mol. The zero-order valence-electron chi connectivity index (χ0n) is 16.7. The summed E-state index contributed by atoms with van der Waals surface area (Å²) in [5.41, 5.74) is 3.29. The molecule has 0 saturated heterocycles. The summed E-state index contributed by atoms with van der Waals surface area (Å²) >= 11 is 0. The zero-order valence-corrected chi connectivity index (χ0v) is 16.7. The number of hydrogen-bond donors (Lipinski definition) is 2. The predicted molar refractivity (Wildman–Crippen MR) is 118 cm³/mol. The highest BCUT2D eigenvalue weighted by atomic mass is 16.2. The van der Waals surface area contributed by atoms with Crippen molar-refractivity contribution in [2.24, 2.45) is 5.92 Å². The molecule has 2 aromatic rings. The Morgan fingerprint density at radius 1 is 1.04 bits per heavy atom. The van der Waals surface area contributed by atoms with E-state index in [0.29, 0.717) is 17.5 Å². The molecule has 0 aromatic heterocycles. The molecule has 1 heterocycles. The van der Waals surface area contributed by atoms with Gasteiger partial charge in [0, 0.05) is 21.4 Å². The highest BCUT2D eigenvalue weighted by molar-refractivity contribution is 5.93. The molecular weight excluding hydrogens is 344 g/mol. The lowest BCUT2D eigenvalue weighted by Crippen LogP contribution is -2.35. The number of carbonyl (C=O) groups excluding carboxylic acids is 1. The van der Waals surface area contributed by atoms with Crippen LogP contribution in [0, 0.1) is 5.92 Å². The van der Waals surface area contributed by atoms with Crippen LogP contribution in [0.15, 0.2) is 72.4 Å². The molecule has 1 amide bonds. The van der Waals surface area contributed by atoms with Crippen molar-refractivity contribution in [1.82, 2.24) is 10.6 Å². The maximum atomic E-state index is 12.7. The molecule has 2 aromatic carbocycles.